The minimum absolute atomic E-state index is 0.0726. The Kier molecular flexibility index (Phi) is 5.50. The van der Waals surface area contributed by atoms with Crippen LogP contribution in [0.1, 0.15) is 30.1 Å². The summed E-state index contributed by atoms with van der Waals surface area (Å²) in [6.07, 6.45) is 0.145. The Morgan fingerprint density at radius 1 is 1.36 bits per heavy atom. The lowest BCUT2D eigenvalue weighted by Crippen LogP contribution is -2.48. The Balaban J connectivity index is 1.61. The first-order chi connectivity index (χ1) is 11.8. The van der Waals surface area contributed by atoms with E-state index in [1.807, 2.05) is 32.6 Å². The molecule has 3 heterocycles. The van der Waals surface area contributed by atoms with E-state index in [0.29, 0.717) is 35.8 Å². The predicted molar refractivity (Wildman–Crippen MR) is 102 cm³/mol. The van der Waals surface area contributed by atoms with E-state index in [1.165, 1.54) is 11.8 Å². The molecule has 8 heteroatoms. The number of morpholine rings is 1. The van der Waals surface area contributed by atoms with E-state index in [2.05, 4.69) is 9.97 Å². The molecule has 0 radical (unpaired) electrons. The third kappa shape index (κ3) is 4.07. The standard InChI is InChI=1S/C17H23N3O3S2/c1-9-5-20(6-10(2)23-9)14(21)8-24-7-13-18-16(22)15-11(3)12(4)25-17(15)19-13/h9-10H,5-8H2,1-4H3,(H,18,19,22)/t9-,10-/m1/s1. The average Bonchev–Trinajstić information content (AvgIpc) is 2.81. The molecule has 0 spiro atoms. The number of hydrogen-bond acceptors (Lipinski definition) is 6. The fourth-order valence-corrected chi connectivity index (χ4v) is 4.91. The molecule has 0 aliphatic carbocycles. The van der Waals surface area contributed by atoms with E-state index in [1.54, 1.807) is 11.3 Å². The number of H-pyrrole nitrogens is 1. The maximum atomic E-state index is 12.4. The monoisotopic (exact) mass is 381 g/mol. The van der Waals surface area contributed by atoms with E-state index in [-0.39, 0.29) is 23.7 Å². The van der Waals surface area contributed by atoms with Gasteiger partial charge in [-0.25, -0.2) is 4.98 Å². The number of nitrogens with zero attached hydrogens (tertiary/aromatic N) is 2. The maximum absolute atomic E-state index is 12.4. The Bertz CT molecular complexity index is 836. The van der Waals surface area contributed by atoms with Crippen LogP contribution >= 0.6 is 23.1 Å². The molecule has 2 atom stereocenters. The summed E-state index contributed by atoms with van der Waals surface area (Å²) >= 11 is 3.02. The summed E-state index contributed by atoms with van der Waals surface area (Å²) in [4.78, 5) is 35.8. The zero-order valence-electron chi connectivity index (χ0n) is 14.9. The lowest BCUT2D eigenvalue weighted by molar-refractivity contribution is -0.140. The molecule has 6 nitrogen and oxygen atoms in total. The zero-order valence-corrected chi connectivity index (χ0v) is 16.6. The van der Waals surface area contributed by atoms with Gasteiger partial charge in [-0.05, 0) is 33.3 Å². The number of thiophene rings is 1. The molecular weight excluding hydrogens is 358 g/mol. The van der Waals surface area contributed by atoms with Crippen LogP contribution in [0.5, 0.6) is 0 Å². The number of aryl methyl sites for hydroxylation is 2. The van der Waals surface area contributed by atoms with Crippen molar-refractivity contribution >= 4 is 39.2 Å². The molecule has 1 aliphatic rings. The smallest absolute Gasteiger partial charge is 0.259 e. The number of aromatic amines is 1. The Morgan fingerprint density at radius 2 is 2.04 bits per heavy atom. The summed E-state index contributed by atoms with van der Waals surface area (Å²) in [6.45, 7) is 9.19. The normalized spacial score (nSPS) is 21.0. The second-order valence-corrected chi connectivity index (χ2v) is 8.71. The first-order valence-electron chi connectivity index (χ1n) is 8.35. The van der Waals surface area contributed by atoms with E-state index in [9.17, 15) is 9.59 Å². The lowest BCUT2D eigenvalue weighted by atomic mass is 10.2. The molecule has 1 N–H and O–H groups in total. The van der Waals surface area contributed by atoms with Crippen LogP contribution in [0.3, 0.4) is 0 Å². The number of aromatic nitrogens is 2. The summed E-state index contributed by atoms with van der Waals surface area (Å²) in [5.74, 6) is 1.63. The van der Waals surface area contributed by atoms with Crippen LogP contribution < -0.4 is 5.56 Å². The number of thioether (sulfide) groups is 1. The van der Waals surface area contributed by atoms with Gasteiger partial charge >= 0.3 is 0 Å². The molecule has 0 bridgehead atoms. The molecule has 3 rings (SSSR count). The van der Waals surface area contributed by atoms with Gasteiger partial charge in [0.2, 0.25) is 5.91 Å². The highest BCUT2D eigenvalue weighted by molar-refractivity contribution is 7.99. The number of fused-ring (bicyclic) bond motifs is 1. The van der Waals surface area contributed by atoms with Crippen molar-refractivity contribution in [2.45, 2.75) is 45.7 Å². The molecule has 1 amide bonds. The van der Waals surface area contributed by atoms with E-state index in [0.717, 1.165) is 15.3 Å². The molecule has 2 aromatic heterocycles. The SMILES string of the molecule is Cc1sc2nc(CSCC(=O)N3C[C@@H](C)O[C@H](C)C3)[nH]c(=O)c2c1C. The molecule has 1 aliphatic heterocycles. The number of ether oxygens (including phenoxy) is 1. The maximum Gasteiger partial charge on any atom is 0.259 e. The quantitative estimate of drug-likeness (QED) is 0.881. The number of carbonyl (C=O) groups is 1. The van der Waals surface area contributed by atoms with Crippen molar-refractivity contribution in [3.8, 4) is 0 Å². The number of nitrogens with one attached hydrogen (secondary N) is 1. The van der Waals surface area contributed by atoms with Crippen LogP contribution in [0.2, 0.25) is 0 Å². The number of carbonyl (C=O) groups excluding carboxylic acids is 1. The Labute approximate surface area is 155 Å². The molecule has 0 unspecified atom stereocenters. The molecule has 0 aromatic carbocycles. The Hall–Kier alpha value is -1.38. The summed E-state index contributed by atoms with van der Waals surface area (Å²) in [6, 6.07) is 0. The fourth-order valence-electron chi connectivity index (χ4n) is 3.08. The Morgan fingerprint density at radius 3 is 2.72 bits per heavy atom. The molecule has 136 valence electrons. The largest absolute Gasteiger partial charge is 0.372 e. The van der Waals surface area contributed by atoms with Gasteiger partial charge in [-0.2, -0.15) is 0 Å². The van der Waals surface area contributed by atoms with Gasteiger partial charge in [0.1, 0.15) is 10.7 Å². The molecule has 2 aromatic rings. The summed E-state index contributed by atoms with van der Waals surface area (Å²) in [7, 11) is 0. The second-order valence-electron chi connectivity index (χ2n) is 6.52. The van der Waals surface area contributed by atoms with Crippen molar-refractivity contribution in [2.75, 3.05) is 18.8 Å². The third-order valence-corrected chi connectivity index (χ3v) is 6.35. The van der Waals surface area contributed by atoms with Gasteiger partial charge in [0.25, 0.3) is 5.56 Å². The van der Waals surface area contributed by atoms with Crippen molar-refractivity contribution in [1.29, 1.82) is 0 Å². The highest BCUT2D eigenvalue weighted by atomic mass is 32.2. The van der Waals surface area contributed by atoms with Crippen LogP contribution in [-0.2, 0) is 15.3 Å². The van der Waals surface area contributed by atoms with Crippen LogP contribution in [0.4, 0.5) is 0 Å². The van der Waals surface area contributed by atoms with Crippen molar-refractivity contribution < 1.29 is 9.53 Å². The van der Waals surface area contributed by atoms with Crippen LogP contribution in [0.25, 0.3) is 10.2 Å². The van der Waals surface area contributed by atoms with Crippen LogP contribution in [-0.4, -0.2) is 51.8 Å². The second kappa shape index (κ2) is 7.47. The first kappa shape index (κ1) is 18.4. The lowest BCUT2D eigenvalue weighted by Gasteiger charge is -2.35. The van der Waals surface area contributed by atoms with Crippen LogP contribution in [0, 0.1) is 13.8 Å². The van der Waals surface area contributed by atoms with Gasteiger partial charge in [0, 0.05) is 18.0 Å². The van der Waals surface area contributed by atoms with Crippen molar-refractivity contribution in [1.82, 2.24) is 14.9 Å². The highest BCUT2D eigenvalue weighted by Crippen LogP contribution is 2.26. The van der Waals surface area contributed by atoms with Crippen molar-refractivity contribution in [3.05, 3.63) is 26.6 Å². The van der Waals surface area contributed by atoms with Crippen LogP contribution in [0.15, 0.2) is 4.79 Å². The van der Waals surface area contributed by atoms with Gasteiger partial charge in [-0.3, -0.25) is 9.59 Å². The summed E-state index contributed by atoms with van der Waals surface area (Å²) in [5.41, 5.74) is 0.906. The minimum atomic E-state index is -0.0930. The molecular formula is C17H23N3O3S2. The van der Waals surface area contributed by atoms with Gasteiger partial charge in [0.05, 0.1) is 29.1 Å². The summed E-state index contributed by atoms with van der Waals surface area (Å²) in [5, 5.41) is 0.684. The average molecular weight is 382 g/mol. The number of rotatable bonds is 4. The van der Waals surface area contributed by atoms with E-state index < -0.39 is 0 Å². The van der Waals surface area contributed by atoms with E-state index >= 15 is 0 Å². The summed E-state index contributed by atoms with van der Waals surface area (Å²) < 4.78 is 5.66. The van der Waals surface area contributed by atoms with E-state index in [4.69, 9.17) is 4.74 Å². The predicted octanol–water partition coefficient (Wildman–Crippen LogP) is 2.47. The number of amides is 1. The van der Waals surface area contributed by atoms with Gasteiger partial charge < -0.3 is 14.6 Å². The van der Waals surface area contributed by atoms with Crippen molar-refractivity contribution in [3.63, 3.8) is 0 Å². The van der Waals surface area contributed by atoms with Gasteiger partial charge in [-0.15, -0.1) is 23.1 Å². The highest BCUT2D eigenvalue weighted by Gasteiger charge is 2.25. The molecule has 1 fully saturated rings. The van der Waals surface area contributed by atoms with Gasteiger partial charge in [-0.1, -0.05) is 0 Å². The molecule has 25 heavy (non-hydrogen) atoms. The fraction of sp³-hybridized carbons (Fsp3) is 0.588. The number of hydrogen-bond donors (Lipinski definition) is 1. The topological polar surface area (TPSA) is 75.3 Å². The minimum Gasteiger partial charge on any atom is -0.372 e. The van der Waals surface area contributed by atoms with Gasteiger partial charge in [0.15, 0.2) is 0 Å². The van der Waals surface area contributed by atoms with Crippen molar-refractivity contribution in [2.24, 2.45) is 0 Å². The molecule has 1 saturated heterocycles. The molecule has 0 saturated carbocycles. The first-order valence-corrected chi connectivity index (χ1v) is 10.3. The third-order valence-electron chi connectivity index (χ3n) is 4.32. The zero-order chi connectivity index (χ0) is 18.1.